The molecule has 0 aromatic heterocycles. The van der Waals surface area contributed by atoms with Crippen molar-refractivity contribution in [1.82, 2.24) is 4.90 Å². The van der Waals surface area contributed by atoms with Gasteiger partial charge in [-0.05, 0) is 18.2 Å². The molecule has 1 aromatic rings. The first-order valence-electron chi connectivity index (χ1n) is 6.24. The lowest BCUT2D eigenvalue weighted by molar-refractivity contribution is -0.135. The number of benzene rings is 1. The van der Waals surface area contributed by atoms with E-state index in [1.165, 1.54) is 18.2 Å². The van der Waals surface area contributed by atoms with Crippen molar-refractivity contribution in [3.05, 3.63) is 40.4 Å². The minimum absolute atomic E-state index is 0.157. The number of carbonyl (C=O) groups excluding carboxylic acids is 4. The maximum atomic E-state index is 12.3. The summed E-state index contributed by atoms with van der Waals surface area (Å²) < 4.78 is 4.34. The molecule has 0 aliphatic carbocycles. The first kappa shape index (κ1) is 17.0. The monoisotopic (exact) mass is 356 g/mol. The summed E-state index contributed by atoms with van der Waals surface area (Å²) in [6.07, 6.45) is 1.71. The number of hydrogen-bond acceptors (Lipinski definition) is 5. The predicted octanol–water partition coefficient (Wildman–Crippen LogP) is 2.02. The number of ether oxygens (including phenoxy) is 1. The fourth-order valence-corrected chi connectivity index (χ4v) is 2.41. The molecular weight excluding hydrogens is 347 g/mol. The summed E-state index contributed by atoms with van der Waals surface area (Å²) in [6, 6.07) is 3.34. The number of esters is 1. The van der Waals surface area contributed by atoms with Crippen molar-refractivity contribution in [3.63, 3.8) is 0 Å². The van der Waals surface area contributed by atoms with E-state index in [9.17, 15) is 19.2 Å². The molecule has 0 spiro atoms. The molecule has 1 aliphatic heterocycles. The third-order valence-corrected chi connectivity index (χ3v) is 3.34. The number of anilines is 1. The van der Waals surface area contributed by atoms with Gasteiger partial charge in [-0.3, -0.25) is 14.5 Å². The van der Waals surface area contributed by atoms with Gasteiger partial charge < -0.3 is 4.74 Å². The Labute approximate surface area is 141 Å². The molecule has 0 unspecified atom stereocenters. The zero-order valence-electron chi connectivity index (χ0n) is 11.8. The predicted molar refractivity (Wildman–Crippen MR) is 82.2 cm³/mol. The number of hydrogen-bond donors (Lipinski definition) is 0. The molecule has 7 nitrogen and oxygen atoms in total. The maximum Gasteiger partial charge on any atom is 0.338 e. The van der Waals surface area contributed by atoms with E-state index >= 15 is 0 Å². The molecule has 1 aromatic carbocycles. The third-order valence-electron chi connectivity index (χ3n) is 2.90. The normalized spacial score (nSPS) is 14.7. The van der Waals surface area contributed by atoms with E-state index in [0.29, 0.717) is 4.90 Å². The van der Waals surface area contributed by atoms with Gasteiger partial charge in [0.25, 0.3) is 11.8 Å². The molecular formula is C14H10Cl2N2O5. The molecule has 0 N–H and O–H groups in total. The Morgan fingerprint density at radius 1 is 1.13 bits per heavy atom. The standard InChI is InChI=1S/C14H10Cl2N2O5/c1-23-13(21)3-2-11(19)17-7-12(20)18(14(17)22)10-5-8(15)4-9(16)6-10/h2-6H,7H2,1H3. The Kier molecular flexibility index (Phi) is 5.02. The fraction of sp³-hybridized carbons (Fsp3) is 0.143. The van der Waals surface area contributed by atoms with Crippen LogP contribution in [0.4, 0.5) is 10.5 Å². The second kappa shape index (κ2) is 6.80. The van der Waals surface area contributed by atoms with Gasteiger partial charge >= 0.3 is 12.0 Å². The summed E-state index contributed by atoms with van der Waals surface area (Å²) in [5.41, 5.74) is 0.157. The Morgan fingerprint density at radius 2 is 1.74 bits per heavy atom. The van der Waals surface area contributed by atoms with E-state index in [1.807, 2.05) is 0 Å². The van der Waals surface area contributed by atoms with Crippen LogP contribution >= 0.6 is 23.2 Å². The van der Waals surface area contributed by atoms with Gasteiger partial charge in [-0.2, -0.15) is 0 Å². The minimum Gasteiger partial charge on any atom is -0.466 e. The molecule has 0 saturated carbocycles. The smallest absolute Gasteiger partial charge is 0.338 e. The molecule has 0 atom stereocenters. The zero-order valence-corrected chi connectivity index (χ0v) is 13.3. The number of methoxy groups -OCH3 is 1. The molecule has 9 heteroatoms. The van der Waals surface area contributed by atoms with Crippen molar-refractivity contribution < 1.29 is 23.9 Å². The van der Waals surface area contributed by atoms with E-state index in [1.54, 1.807) is 0 Å². The molecule has 1 fully saturated rings. The van der Waals surface area contributed by atoms with Crippen LogP contribution in [0.25, 0.3) is 0 Å². The van der Waals surface area contributed by atoms with Gasteiger partial charge in [-0.25, -0.2) is 14.5 Å². The number of nitrogens with zero attached hydrogens (tertiary/aromatic N) is 2. The van der Waals surface area contributed by atoms with Crippen molar-refractivity contribution in [2.45, 2.75) is 0 Å². The minimum atomic E-state index is -0.854. The molecule has 120 valence electrons. The average Bonchev–Trinajstić information content (AvgIpc) is 2.78. The van der Waals surface area contributed by atoms with Gasteiger partial charge in [-0.1, -0.05) is 23.2 Å². The molecule has 1 saturated heterocycles. The van der Waals surface area contributed by atoms with Gasteiger partial charge in [0.15, 0.2) is 0 Å². The Bertz CT molecular complexity index is 712. The van der Waals surface area contributed by atoms with Crippen LogP contribution in [0, 0.1) is 0 Å². The molecule has 1 aliphatic rings. The summed E-state index contributed by atoms with van der Waals surface area (Å²) in [5.74, 6) is -2.19. The van der Waals surface area contributed by atoms with Crippen molar-refractivity contribution in [2.24, 2.45) is 0 Å². The molecule has 23 heavy (non-hydrogen) atoms. The Hall–Kier alpha value is -2.38. The molecule has 0 radical (unpaired) electrons. The van der Waals surface area contributed by atoms with Crippen molar-refractivity contribution in [1.29, 1.82) is 0 Å². The highest BCUT2D eigenvalue weighted by molar-refractivity contribution is 6.36. The second-order valence-electron chi connectivity index (χ2n) is 4.42. The lowest BCUT2D eigenvalue weighted by Gasteiger charge is -2.15. The summed E-state index contributed by atoms with van der Waals surface area (Å²) in [6.45, 7) is -0.451. The second-order valence-corrected chi connectivity index (χ2v) is 5.29. The number of imide groups is 2. The van der Waals surface area contributed by atoms with Crippen LogP contribution in [0.2, 0.25) is 10.0 Å². The van der Waals surface area contributed by atoms with Gasteiger partial charge in [-0.15, -0.1) is 0 Å². The quantitative estimate of drug-likeness (QED) is 0.470. The van der Waals surface area contributed by atoms with Gasteiger partial charge in [0.1, 0.15) is 6.54 Å². The van der Waals surface area contributed by atoms with Crippen molar-refractivity contribution >= 4 is 52.7 Å². The van der Waals surface area contributed by atoms with Crippen LogP contribution in [-0.2, 0) is 19.1 Å². The van der Waals surface area contributed by atoms with Crippen LogP contribution in [0.5, 0.6) is 0 Å². The van der Waals surface area contributed by atoms with E-state index in [4.69, 9.17) is 23.2 Å². The summed E-state index contributed by atoms with van der Waals surface area (Å²) in [5, 5.41) is 0.479. The highest BCUT2D eigenvalue weighted by Crippen LogP contribution is 2.28. The number of halogens is 2. The molecule has 2 rings (SSSR count). The lowest BCUT2D eigenvalue weighted by Crippen LogP contribution is -2.35. The van der Waals surface area contributed by atoms with Crippen LogP contribution < -0.4 is 4.90 Å². The molecule has 0 bridgehead atoms. The number of amides is 4. The SMILES string of the molecule is COC(=O)C=CC(=O)N1CC(=O)N(c2cc(Cl)cc(Cl)c2)C1=O. The maximum absolute atomic E-state index is 12.3. The number of carbonyl (C=O) groups is 4. The van der Waals surface area contributed by atoms with Gasteiger partial charge in [0, 0.05) is 22.2 Å². The first-order valence-corrected chi connectivity index (χ1v) is 6.99. The van der Waals surface area contributed by atoms with E-state index < -0.39 is 30.4 Å². The van der Waals surface area contributed by atoms with Gasteiger partial charge in [0.05, 0.1) is 12.8 Å². The van der Waals surface area contributed by atoms with E-state index in [0.717, 1.165) is 24.2 Å². The third kappa shape index (κ3) is 3.69. The van der Waals surface area contributed by atoms with E-state index in [-0.39, 0.29) is 15.7 Å². The number of urea groups is 1. The number of rotatable bonds is 3. The van der Waals surface area contributed by atoms with Crippen LogP contribution in [0.3, 0.4) is 0 Å². The average molecular weight is 357 g/mol. The largest absolute Gasteiger partial charge is 0.466 e. The first-order chi connectivity index (χ1) is 10.8. The molecule has 4 amide bonds. The fourth-order valence-electron chi connectivity index (χ4n) is 1.89. The Balaban J connectivity index is 2.24. The Morgan fingerprint density at radius 3 is 2.30 bits per heavy atom. The van der Waals surface area contributed by atoms with Crippen LogP contribution in [-0.4, -0.2) is 42.4 Å². The lowest BCUT2D eigenvalue weighted by atomic mass is 10.3. The zero-order chi connectivity index (χ0) is 17.1. The van der Waals surface area contributed by atoms with Crippen molar-refractivity contribution in [2.75, 3.05) is 18.6 Å². The van der Waals surface area contributed by atoms with Crippen molar-refractivity contribution in [3.8, 4) is 0 Å². The van der Waals surface area contributed by atoms with E-state index in [2.05, 4.69) is 4.74 Å². The van der Waals surface area contributed by atoms with Gasteiger partial charge in [0.2, 0.25) is 0 Å². The summed E-state index contributed by atoms with van der Waals surface area (Å²) in [7, 11) is 1.15. The highest BCUT2D eigenvalue weighted by atomic mass is 35.5. The highest BCUT2D eigenvalue weighted by Gasteiger charge is 2.40. The summed E-state index contributed by atoms with van der Waals surface area (Å²) in [4.78, 5) is 48.7. The van der Waals surface area contributed by atoms with Crippen LogP contribution in [0.1, 0.15) is 0 Å². The topological polar surface area (TPSA) is 84.0 Å². The van der Waals surface area contributed by atoms with Crippen LogP contribution in [0.15, 0.2) is 30.4 Å². The summed E-state index contributed by atoms with van der Waals surface area (Å²) >= 11 is 11.7. The molecule has 1 heterocycles.